The number of benzene rings is 1. The fourth-order valence-electron chi connectivity index (χ4n) is 4.18. The maximum atomic E-state index is 13.4. The van der Waals surface area contributed by atoms with Gasteiger partial charge in [0.25, 0.3) is 0 Å². The van der Waals surface area contributed by atoms with Crippen LogP contribution in [0.4, 0.5) is 25.1 Å². The Hall–Kier alpha value is -4.02. The minimum Gasteiger partial charge on any atom is -0.366 e. The van der Waals surface area contributed by atoms with E-state index in [2.05, 4.69) is 20.7 Å². The Bertz CT molecular complexity index is 1360. The molecule has 0 unspecified atom stereocenters. The summed E-state index contributed by atoms with van der Waals surface area (Å²) in [4.78, 5) is 23.2. The van der Waals surface area contributed by atoms with Gasteiger partial charge in [-0.05, 0) is 42.1 Å². The molecule has 0 bridgehead atoms. The van der Waals surface area contributed by atoms with Crippen molar-refractivity contribution < 1.29 is 13.6 Å². The Balaban J connectivity index is 1.28. The Morgan fingerprint density at radius 1 is 1.11 bits per heavy atom. The summed E-state index contributed by atoms with van der Waals surface area (Å²) in [6, 6.07) is 8.77. The fraction of sp³-hybridized carbons (Fsp3) is 0.250. The Morgan fingerprint density at radius 2 is 1.94 bits per heavy atom. The van der Waals surface area contributed by atoms with Crippen LogP contribution in [0.25, 0.3) is 5.65 Å². The minimum atomic E-state index is -1.00. The number of amides is 2. The SMILES string of the molecule is [B]c1cnn2c(NCc3cccnc3)cc(C3CCN(C(=O)Nc4ccc(F)c(F)c4)CC3)nc12. The summed E-state index contributed by atoms with van der Waals surface area (Å²) in [5.74, 6) is -1.07. The topological polar surface area (TPSA) is 87.5 Å². The smallest absolute Gasteiger partial charge is 0.321 e. The fourth-order valence-corrected chi connectivity index (χ4v) is 4.18. The van der Waals surface area contributed by atoms with Gasteiger partial charge in [-0.2, -0.15) is 9.61 Å². The van der Waals surface area contributed by atoms with Crippen molar-refractivity contribution in [1.82, 2.24) is 24.5 Å². The number of rotatable bonds is 5. The maximum absolute atomic E-state index is 13.4. The number of carbonyl (C=O) groups is 1. The van der Waals surface area contributed by atoms with Crippen molar-refractivity contribution >= 4 is 36.5 Å². The average Bonchev–Trinajstić information content (AvgIpc) is 3.26. The molecular formula is C24H22BF2N7O. The molecule has 5 rings (SSSR count). The Labute approximate surface area is 201 Å². The van der Waals surface area contributed by atoms with Gasteiger partial charge >= 0.3 is 6.03 Å². The van der Waals surface area contributed by atoms with E-state index < -0.39 is 11.6 Å². The number of piperidine rings is 1. The molecule has 1 fully saturated rings. The van der Waals surface area contributed by atoms with Crippen LogP contribution in [0.15, 0.2) is 55.0 Å². The molecular weight excluding hydrogens is 451 g/mol. The molecule has 0 saturated carbocycles. The van der Waals surface area contributed by atoms with Crippen molar-refractivity contribution in [2.75, 3.05) is 23.7 Å². The number of halogens is 2. The molecule has 2 radical (unpaired) electrons. The third-order valence-electron chi connectivity index (χ3n) is 6.09. The second-order valence-electron chi connectivity index (χ2n) is 8.44. The molecule has 8 nitrogen and oxygen atoms in total. The van der Waals surface area contributed by atoms with E-state index >= 15 is 0 Å². The number of anilines is 2. The summed E-state index contributed by atoms with van der Waals surface area (Å²) in [5.41, 5.74) is 3.18. The van der Waals surface area contributed by atoms with Gasteiger partial charge in [0.15, 0.2) is 11.6 Å². The molecule has 2 amide bonds. The van der Waals surface area contributed by atoms with E-state index in [1.807, 2.05) is 18.2 Å². The molecule has 1 saturated heterocycles. The zero-order valence-corrected chi connectivity index (χ0v) is 18.8. The molecule has 1 aliphatic heterocycles. The van der Waals surface area contributed by atoms with Crippen molar-refractivity contribution in [2.45, 2.75) is 25.3 Å². The third kappa shape index (κ3) is 4.93. The maximum Gasteiger partial charge on any atom is 0.321 e. The van der Waals surface area contributed by atoms with Gasteiger partial charge in [-0.1, -0.05) is 6.07 Å². The number of nitrogens with one attached hydrogen (secondary N) is 2. The summed E-state index contributed by atoms with van der Waals surface area (Å²) in [6.07, 6.45) is 6.50. The van der Waals surface area contributed by atoms with Crippen molar-refractivity contribution in [2.24, 2.45) is 0 Å². The first-order valence-electron chi connectivity index (χ1n) is 11.3. The lowest BCUT2D eigenvalue weighted by Gasteiger charge is -2.32. The Morgan fingerprint density at radius 3 is 2.69 bits per heavy atom. The molecule has 11 heteroatoms. The molecule has 3 aromatic heterocycles. The molecule has 1 aliphatic rings. The van der Waals surface area contributed by atoms with Crippen LogP contribution in [0.5, 0.6) is 0 Å². The first-order chi connectivity index (χ1) is 17.0. The molecule has 35 heavy (non-hydrogen) atoms. The quantitative estimate of drug-likeness (QED) is 0.435. The van der Waals surface area contributed by atoms with Crippen LogP contribution in [0.1, 0.15) is 30.0 Å². The predicted octanol–water partition coefficient (Wildman–Crippen LogP) is 3.22. The van der Waals surface area contributed by atoms with E-state index in [1.54, 1.807) is 28.0 Å². The minimum absolute atomic E-state index is 0.126. The number of nitrogens with zero attached hydrogens (tertiary/aromatic N) is 5. The van der Waals surface area contributed by atoms with Gasteiger partial charge in [-0.15, -0.1) is 0 Å². The summed E-state index contributed by atoms with van der Waals surface area (Å²) < 4.78 is 28.3. The van der Waals surface area contributed by atoms with Crippen molar-refractivity contribution in [3.8, 4) is 0 Å². The first kappa shape index (κ1) is 22.8. The Kier molecular flexibility index (Phi) is 6.30. The highest BCUT2D eigenvalue weighted by molar-refractivity contribution is 6.36. The number of aromatic nitrogens is 4. The van der Waals surface area contributed by atoms with Gasteiger partial charge in [-0.25, -0.2) is 18.6 Å². The number of hydrogen-bond acceptors (Lipinski definition) is 5. The molecule has 2 N–H and O–H groups in total. The number of urea groups is 1. The van der Waals surface area contributed by atoms with Crippen LogP contribution in [0.3, 0.4) is 0 Å². The van der Waals surface area contributed by atoms with E-state index in [0.717, 1.165) is 29.2 Å². The van der Waals surface area contributed by atoms with Crippen molar-refractivity contribution in [1.29, 1.82) is 0 Å². The van der Waals surface area contributed by atoms with E-state index in [0.29, 0.717) is 43.6 Å². The van der Waals surface area contributed by atoms with E-state index in [9.17, 15) is 13.6 Å². The van der Waals surface area contributed by atoms with Crippen LogP contribution in [0.2, 0.25) is 0 Å². The van der Waals surface area contributed by atoms with Gasteiger partial charge in [0.2, 0.25) is 0 Å². The van der Waals surface area contributed by atoms with Crippen LogP contribution >= 0.6 is 0 Å². The van der Waals surface area contributed by atoms with Crippen molar-refractivity contribution in [3.63, 3.8) is 0 Å². The summed E-state index contributed by atoms with van der Waals surface area (Å²) in [7, 11) is 6.11. The summed E-state index contributed by atoms with van der Waals surface area (Å²) in [6.45, 7) is 1.56. The third-order valence-corrected chi connectivity index (χ3v) is 6.09. The zero-order chi connectivity index (χ0) is 24.4. The normalized spacial score (nSPS) is 14.3. The van der Waals surface area contributed by atoms with E-state index in [4.69, 9.17) is 12.8 Å². The standard InChI is InChI=1S/C24H22BF2N7O/c25-18-14-30-34-22(29-13-15-2-1-7-28-12-15)11-21(32-23(18)34)16-5-8-33(9-6-16)24(35)31-17-3-4-19(26)20(27)10-17/h1-4,7,10-12,14,16,29H,5-6,8-9,13H2,(H,31,35). The van der Waals surface area contributed by atoms with E-state index in [-0.39, 0.29) is 17.6 Å². The highest BCUT2D eigenvalue weighted by Crippen LogP contribution is 2.29. The molecule has 0 aliphatic carbocycles. The van der Waals surface area contributed by atoms with Gasteiger partial charge in [0.05, 0.1) is 0 Å². The van der Waals surface area contributed by atoms with Crippen molar-refractivity contribution in [3.05, 3.63) is 77.9 Å². The monoisotopic (exact) mass is 473 g/mol. The summed E-state index contributed by atoms with van der Waals surface area (Å²) >= 11 is 0. The number of likely N-dealkylation sites (tertiary alicyclic amines) is 1. The largest absolute Gasteiger partial charge is 0.366 e. The highest BCUT2D eigenvalue weighted by atomic mass is 19.2. The zero-order valence-electron chi connectivity index (χ0n) is 18.8. The van der Waals surface area contributed by atoms with Gasteiger partial charge in [0.1, 0.15) is 19.3 Å². The molecule has 4 aromatic rings. The first-order valence-corrected chi connectivity index (χ1v) is 11.3. The number of carbonyl (C=O) groups excluding carboxylic acids is 1. The second kappa shape index (κ2) is 9.69. The molecule has 4 heterocycles. The lowest BCUT2D eigenvalue weighted by atomic mass is 9.93. The van der Waals surface area contributed by atoms with E-state index in [1.165, 1.54) is 6.07 Å². The average molecular weight is 473 g/mol. The molecule has 176 valence electrons. The van der Waals surface area contributed by atoms with Gasteiger partial charge in [-0.3, -0.25) is 4.98 Å². The highest BCUT2D eigenvalue weighted by Gasteiger charge is 2.26. The number of fused-ring (bicyclic) bond motifs is 1. The van der Waals surface area contributed by atoms with Crippen LogP contribution < -0.4 is 16.1 Å². The molecule has 1 aromatic carbocycles. The lowest BCUT2D eigenvalue weighted by Crippen LogP contribution is -2.40. The van der Waals surface area contributed by atoms with Crippen LogP contribution in [-0.4, -0.2) is 51.4 Å². The number of hydrogen-bond donors (Lipinski definition) is 2. The predicted molar refractivity (Wildman–Crippen MR) is 129 cm³/mol. The summed E-state index contributed by atoms with van der Waals surface area (Å²) in [5, 5.41) is 10.4. The number of pyridine rings is 1. The van der Waals surface area contributed by atoms with Gasteiger partial charge in [0, 0.05) is 67.7 Å². The molecule has 0 atom stereocenters. The lowest BCUT2D eigenvalue weighted by molar-refractivity contribution is 0.194. The van der Waals surface area contributed by atoms with Crippen LogP contribution in [-0.2, 0) is 6.54 Å². The van der Waals surface area contributed by atoms with Gasteiger partial charge < -0.3 is 15.5 Å². The van der Waals surface area contributed by atoms with Crippen LogP contribution in [0, 0.1) is 11.6 Å². The molecule has 0 spiro atoms. The second-order valence-corrected chi connectivity index (χ2v) is 8.44.